The smallest absolute Gasteiger partial charge is 0.151 e. The maximum absolute atomic E-state index is 11.4. The van der Waals surface area contributed by atoms with Crippen molar-refractivity contribution in [2.45, 2.75) is 33.2 Å². The van der Waals surface area contributed by atoms with Crippen molar-refractivity contribution in [3.8, 4) is 0 Å². The lowest BCUT2D eigenvalue weighted by atomic mass is 10.1. The highest BCUT2D eigenvalue weighted by Crippen LogP contribution is 2.04. The van der Waals surface area contributed by atoms with E-state index < -0.39 is 9.84 Å². The monoisotopic (exact) mass is 269 g/mol. The molecule has 0 saturated heterocycles. The Hall–Kier alpha value is -0.870. The van der Waals surface area contributed by atoms with Crippen molar-refractivity contribution in [3.05, 3.63) is 35.4 Å². The fourth-order valence-corrected chi connectivity index (χ4v) is 3.00. The predicted molar refractivity (Wildman–Crippen MR) is 76.7 cm³/mol. The minimum Gasteiger partial charge on any atom is -0.313 e. The molecule has 18 heavy (non-hydrogen) atoms. The lowest BCUT2D eigenvalue weighted by Gasteiger charge is -2.13. The average molecular weight is 269 g/mol. The summed E-state index contributed by atoms with van der Waals surface area (Å²) in [6.45, 7) is 6.50. The van der Waals surface area contributed by atoms with Crippen LogP contribution < -0.4 is 5.32 Å². The van der Waals surface area contributed by atoms with Crippen LogP contribution in [0.2, 0.25) is 0 Å². The second-order valence-corrected chi connectivity index (χ2v) is 7.19. The molecule has 1 N–H and O–H groups in total. The number of sulfone groups is 1. The Morgan fingerprint density at radius 1 is 1.33 bits per heavy atom. The van der Waals surface area contributed by atoms with E-state index in [9.17, 15) is 8.42 Å². The first-order valence-corrected chi connectivity index (χ1v) is 8.24. The van der Waals surface area contributed by atoms with Crippen LogP contribution in [0, 0.1) is 6.92 Å². The molecular formula is C14H23NO2S. The molecule has 0 aliphatic carbocycles. The molecule has 1 aromatic rings. The molecule has 102 valence electrons. The van der Waals surface area contributed by atoms with Gasteiger partial charge in [-0.1, -0.05) is 36.8 Å². The highest BCUT2D eigenvalue weighted by molar-refractivity contribution is 7.91. The van der Waals surface area contributed by atoms with Gasteiger partial charge in [-0.05, 0) is 32.4 Å². The van der Waals surface area contributed by atoms with Gasteiger partial charge in [-0.2, -0.15) is 0 Å². The molecule has 3 nitrogen and oxygen atoms in total. The minimum absolute atomic E-state index is 0.0137. The SMILES string of the molecule is CCS(=O)(=O)CC(C)NCCc1cccc(C)c1. The van der Waals surface area contributed by atoms with E-state index in [0.29, 0.717) is 0 Å². The Morgan fingerprint density at radius 3 is 2.67 bits per heavy atom. The molecule has 4 heteroatoms. The normalized spacial score (nSPS) is 13.5. The molecule has 1 atom stereocenters. The number of hydrogen-bond donors (Lipinski definition) is 1. The highest BCUT2D eigenvalue weighted by atomic mass is 32.2. The Bertz CT molecular complexity index is 468. The van der Waals surface area contributed by atoms with Crippen molar-refractivity contribution in [2.24, 2.45) is 0 Å². The first-order valence-electron chi connectivity index (χ1n) is 6.42. The average Bonchev–Trinajstić information content (AvgIpc) is 2.28. The minimum atomic E-state index is -2.88. The molecule has 0 spiro atoms. The highest BCUT2D eigenvalue weighted by Gasteiger charge is 2.12. The van der Waals surface area contributed by atoms with Crippen LogP contribution in [0.5, 0.6) is 0 Å². The summed E-state index contributed by atoms with van der Waals surface area (Å²) in [5, 5.41) is 3.26. The fourth-order valence-electron chi connectivity index (χ4n) is 1.89. The van der Waals surface area contributed by atoms with Gasteiger partial charge >= 0.3 is 0 Å². The molecular weight excluding hydrogens is 246 g/mol. The summed E-state index contributed by atoms with van der Waals surface area (Å²) < 4.78 is 22.9. The quantitative estimate of drug-likeness (QED) is 0.823. The second-order valence-electron chi connectivity index (χ2n) is 4.79. The standard InChI is InChI=1S/C14H23NO2S/c1-4-18(16,17)11-13(3)15-9-8-14-7-5-6-12(2)10-14/h5-7,10,13,15H,4,8-9,11H2,1-3H3. The summed E-state index contributed by atoms with van der Waals surface area (Å²) >= 11 is 0. The van der Waals surface area contributed by atoms with E-state index in [0.717, 1.165) is 13.0 Å². The number of rotatable bonds is 7. The number of aryl methyl sites for hydroxylation is 1. The number of hydrogen-bond acceptors (Lipinski definition) is 3. The summed E-state index contributed by atoms with van der Waals surface area (Å²) in [5.41, 5.74) is 2.54. The van der Waals surface area contributed by atoms with E-state index in [4.69, 9.17) is 0 Å². The van der Waals surface area contributed by atoms with Crippen LogP contribution in [0.15, 0.2) is 24.3 Å². The van der Waals surface area contributed by atoms with Crippen molar-refractivity contribution in [2.75, 3.05) is 18.1 Å². The van der Waals surface area contributed by atoms with Gasteiger partial charge < -0.3 is 5.32 Å². The third-order valence-corrected chi connectivity index (χ3v) is 4.82. The molecule has 1 unspecified atom stereocenters. The molecule has 0 aromatic heterocycles. The lowest BCUT2D eigenvalue weighted by Crippen LogP contribution is -2.34. The molecule has 0 aliphatic heterocycles. The van der Waals surface area contributed by atoms with Crippen molar-refractivity contribution >= 4 is 9.84 Å². The molecule has 0 radical (unpaired) electrons. The van der Waals surface area contributed by atoms with Crippen LogP contribution in [0.3, 0.4) is 0 Å². The lowest BCUT2D eigenvalue weighted by molar-refractivity contribution is 0.559. The fraction of sp³-hybridized carbons (Fsp3) is 0.571. The van der Waals surface area contributed by atoms with E-state index in [2.05, 4.69) is 36.5 Å². The van der Waals surface area contributed by atoms with Gasteiger partial charge in [0.1, 0.15) is 0 Å². The molecule has 0 bridgehead atoms. The van der Waals surface area contributed by atoms with Gasteiger partial charge in [0, 0.05) is 11.8 Å². The summed E-state index contributed by atoms with van der Waals surface area (Å²) in [6.07, 6.45) is 0.929. The maximum atomic E-state index is 11.4. The van der Waals surface area contributed by atoms with Gasteiger partial charge in [-0.3, -0.25) is 0 Å². The van der Waals surface area contributed by atoms with E-state index >= 15 is 0 Å². The summed E-state index contributed by atoms with van der Waals surface area (Å²) in [6, 6.07) is 8.40. The molecule has 0 amide bonds. The summed E-state index contributed by atoms with van der Waals surface area (Å²) in [5.74, 6) is 0.439. The summed E-state index contributed by atoms with van der Waals surface area (Å²) in [4.78, 5) is 0. The van der Waals surface area contributed by atoms with Crippen LogP contribution in [-0.4, -0.2) is 32.5 Å². The van der Waals surface area contributed by atoms with E-state index in [1.807, 2.05) is 6.92 Å². The number of nitrogens with one attached hydrogen (secondary N) is 1. The zero-order valence-electron chi connectivity index (χ0n) is 11.4. The van der Waals surface area contributed by atoms with Gasteiger partial charge in [0.05, 0.1) is 5.75 Å². The largest absolute Gasteiger partial charge is 0.313 e. The molecule has 0 heterocycles. The van der Waals surface area contributed by atoms with Gasteiger partial charge in [0.25, 0.3) is 0 Å². The van der Waals surface area contributed by atoms with Gasteiger partial charge in [-0.25, -0.2) is 8.42 Å². The van der Waals surface area contributed by atoms with Crippen LogP contribution in [0.4, 0.5) is 0 Å². The van der Waals surface area contributed by atoms with Gasteiger partial charge in [-0.15, -0.1) is 0 Å². The van der Waals surface area contributed by atoms with Crippen molar-refractivity contribution in [1.82, 2.24) is 5.32 Å². The zero-order valence-corrected chi connectivity index (χ0v) is 12.3. The van der Waals surface area contributed by atoms with Crippen molar-refractivity contribution in [1.29, 1.82) is 0 Å². The Balaban J connectivity index is 2.34. The van der Waals surface area contributed by atoms with Gasteiger partial charge in [0.15, 0.2) is 9.84 Å². The van der Waals surface area contributed by atoms with Crippen LogP contribution in [-0.2, 0) is 16.3 Å². The molecule has 1 aromatic carbocycles. The van der Waals surface area contributed by atoms with E-state index in [-0.39, 0.29) is 17.5 Å². The summed E-state index contributed by atoms with van der Waals surface area (Å²) in [7, 11) is -2.88. The van der Waals surface area contributed by atoms with E-state index in [1.165, 1.54) is 11.1 Å². The third kappa shape index (κ3) is 5.65. The van der Waals surface area contributed by atoms with Crippen LogP contribution in [0.1, 0.15) is 25.0 Å². The van der Waals surface area contributed by atoms with Crippen LogP contribution in [0.25, 0.3) is 0 Å². The van der Waals surface area contributed by atoms with Crippen molar-refractivity contribution < 1.29 is 8.42 Å². The molecule has 0 fully saturated rings. The number of benzene rings is 1. The second kappa shape index (κ2) is 6.90. The maximum Gasteiger partial charge on any atom is 0.151 e. The first kappa shape index (κ1) is 15.2. The topological polar surface area (TPSA) is 46.2 Å². The Morgan fingerprint density at radius 2 is 2.06 bits per heavy atom. The third-order valence-electron chi connectivity index (χ3n) is 2.93. The van der Waals surface area contributed by atoms with Crippen LogP contribution >= 0.6 is 0 Å². The zero-order chi connectivity index (χ0) is 13.6. The molecule has 0 saturated carbocycles. The van der Waals surface area contributed by atoms with Gasteiger partial charge in [0.2, 0.25) is 0 Å². The first-order chi connectivity index (χ1) is 8.43. The molecule has 0 aliphatic rings. The predicted octanol–water partition coefficient (Wildman–Crippen LogP) is 1.95. The van der Waals surface area contributed by atoms with Crippen molar-refractivity contribution in [3.63, 3.8) is 0 Å². The Kier molecular flexibility index (Phi) is 5.82. The molecule has 1 rings (SSSR count). The van der Waals surface area contributed by atoms with E-state index in [1.54, 1.807) is 6.92 Å². The Labute approximate surface area is 111 Å².